The molecule has 0 saturated carbocycles. The molecule has 0 spiro atoms. The van der Waals surface area contributed by atoms with Crippen molar-refractivity contribution in [1.29, 1.82) is 0 Å². The number of aromatic hydroxyl groups is 3. The maximum atomic E-state index is 13.0. The van der Waals surface area contributed by atoms with Gasteiger partial charge in [-0.3, -0.25) is 9.59 Å². The fraction of sp³-hybridized carbons (Fsp3) is 0.154. The van der Waals surface area contributed by atoms with Crippen LogP contribution in [0.1, 0.15) is 23.5 Å². The lowest BCUT2D eigenvalue weighted by atomic mass is 9.86. The van der Waals surface area contributed by atoms with E-state index in [0.29, 0.717) is 11.1 Å². The van der Waals surface area contributed by atoms with Crippen LogP contribution in [-0.4, -0.2) is 35.5 Å². The van der Waals surface area contributed by atoms with Crippen molar-refractivity contribution in [1.82, 2.24) is 0 Å². The molecular formula is C26H22O8. The Morgan fingerprint density at radius 2 is 1.68 bits per heavy atom. The molecule has 8 heteroatoms. The van der Waals surface area contributed by atoms with Crippen LogP contribution in [0.4, 0.5) is 0 Å². The van der Waals surface area contributed by atoms with Gasteiger partial charge in [0, 0.05) is 29.2 Å². The van der Waals surface area contributed by atoms with Crippen molar-refractivity contribution in [3.63, 3.8) is 0 Å². The minimum Gasteiger partial charge on any atom is -0.507 e. The third kappa shape index (κ3) is 4.13. The van der Waals surface area contributed by atoms with Crippen LogP contribution in [0.15, 0.2) is 69.9 Å². The van der Waals surface area contributed by atoms with E-state index in [-0.39, 0.29) is 46.0 Å². The molecule has 0 aliphatic carbocycles. The second kappa shape index (κ2) is 9.19. The van der Waals surface area contributed by atoms with E-state index in [1.54, 1.807) is 30.3 Å². The molecule has 1 heterocycles. The third-order valence-electron chi connectivity index (χ3n) is 5.61. The molecule has 34 heavy (non-hydrogen) atoms. The first kappa shape index (κ1) is 22.7. The summed E-state index contributed by atoms with van der Waals surface area (Å²) in [5.41, 5.74) is 0.630. The van der Waals surface area contributed by atoms with E-state index < -0.39 is 23.1 Å². The van der Waals surface area contributed by atoms with Crippen molar-refractivity contribution in [3.8, 4) is 34.3 Å². The number of esters is 1. The van der Waals surface area contributed by atoms with Crippen LogP contribution < -0.4 is 10.2 Å². The van der Waals surface area contributed by atoms with Gasteiger partial charge >= 0.3 is 5.97 Å². The van der Waals surface area contributed by atoms with Gasteiger partial charge in [0.25, 0.3) is 0 Å². The number of benzene rings is 3. The van der Waals surface area contributed by atoms with Gasteiger partial charge in [0.05, 0.1) is 20.6 Å². The number of hydrogen-bond acceptors (Lipinski definition) is 8. The lowest BCUT2D eigenvalue weighted by molar-refractivity contribution is -0.140. The SMILES string of the molecule is COC(=O)CC(c1ccc(O)c(OC)c1)c1c(O)cc(O)c2c(=O)cc(-c3ccccc3)oc12. The third-order valence-corrected chi connectivity index (χ3v) is 5.61. The smallest absolute Gasteiger partial charge is 0.306 e. The summed E-state index contributed by atoms with van der Waals surface area (Å²) in [6.45, 7) is 0. The molecule has 0 bridgehead atoms. The number of hydrogen-bond donors (Lipinski definition) is 3. The molecule has 4 rings (SSSR count). The molecule has 0 radical (unpaired) electrons. The standard InChI is InChI=1S/C26H22O8/c1-32-22-10-15(8-9-17(22)27)16(11-23(31)33-2)24-18(28)12-19(29)25-20(30)13-21(34-26(24)25)14-6-4-3-5-7-14/h3-10,12-13,16,27-29H,11H2,1-2H3. The van der Waals surface area contributed by atoms with Gasteiger partial charge in [-0.05, 0) is 17.7 Å². The van der Waals surface area contributed by atoms with Crippen LogP contribution in [-0.2, 0) is 9.53 Å². The Hall–Kier alpha value is -4.46. The summed E-state index contributed by atoms with van der Waals surface area (Å²) >= 11 is 0. The average Bonchev–Trinajstić information content (AvgIpc) is 2.83. The van der Waals surface area contributed by atoms with Crippen molar-refractivity contribution >= 4 is 16.9 Å². The Morgan fingerprint density at radius 3 is 2.35 bits per heavy atom. The molecular weight excluding hydrogens is 440 g/mol. The number of rotatable bonds is 6. The van der Waals surface area contributed by atoms with Crippen molar-refractivity contribution in [2.45, 2.75) is 12.3 Å². The summed E-state index contributed by atoms with van der Waals surface area (Å²) in [7, 11) is 2.62. The van der Waals surface area contributed by atoms with E-state index in [2.05, 4.69) is 0 Å². The quantitative estimate of drug-likeness (QED) is 0.363. The highest BCUT2D eigenvalue weighted by Gasteiger charge is 2.29. The first-order valence-electron chi connectivity index (χ1n) is 10.4. The Balaban J connectivity index is 2.05. The topological polar surface area (TPSA) is 126 Å². The van der Waals surface area contributed by atoms with Crippen LogP contribution in [0.3, 0.4) is 0 Å². The molecule has 0 amide bonds. The minimum absolute atomic E-state index is 0.0650. The lowest BCUT2D eigenvalue weighted by Crippen LogP contribution is -2.12. The summed E-state index contributed by atoms with van der Waals surface area (Å²) in [5, 5.41) is 31.2. The maximum Gasteiger partial charge on any atom is 0.306 e. The molecule has 1 atom stereocenters. The Labute approximate surface area is 194 Å². The second-order valence-corrected chi connectivity index (χ2v) is 7.64. The molecule has 174 valence electrons. The van der Waals surface area contributed by atoms with Crippen molar-refractivity contribution in [2.24, 2.45) is 0 Å². The molecule has 3 N–H and O–H groups in total. The van der Waals surface area contributed by atoms with E-state index in [9.17, 15) is 24.9 Å². The lowest BCUT2D eigenvalue weighted by Gasteiger charge is -2.21. The summed E-state index contributed by atoms with van der Waals surface area (Å²) < 4.78 is 16.1. The average molecular weight is 462 g/mol. The predicted molar refractivity (Wildman–Crippen MR) is 124 cm³/mol. The van der Waals surface area contributed by atoms with Crippen molar-refractivity contribution in [3.05, 3.63) is 82.0 Å². The first-order chi connectivity index (χ1) is 16.3. The van der Waals surface area contributed by atoms with E-state index >= 15 is 0 Å². The van der Waals surface area contributed by atoms with Crippen molar-refractivity contribution in [2.75, 3.05) is 14.2 Å². The molecule has 0 fully saturated rings. The van der Waals surface area contributed by atoms with Crippen molar-refractivity contribution < 1.29 is 34.0 Å². The zero-order chi connectivity index (χ0) is 24.4. The first-order valence-corrected chi connectivity index (χ1v) is 10.4. The van der Waals surface area contributed by atoms with Crippen LogP contribution in [0.25, 0.3) is 22.3 Å². The number of carbonyl (C=O) groups is 1. The molecule has 0 aliphatic rings. The summed E-state index contributed by atoms with van der Waals surface area (Å²) in [6, 6.07) is 15.7. The minimum atomic E-state index is -0.862. The van der Waals surface area contributed by atoms with E-state index in [0.717, 1.165) is 6.07 Å². The van der Waals surface area contributed by atoms with Gasteiger partial charge in [0.2, 0.25) is 0 Å². The molecule has 4 aromatic rings. The highest BCUT2D eigenvalue weighted by Crippen LogP contribution is 2.44. The zero-order valence-electron chi connectivity index (χ0n) is 18.4. The van der Waals surface area contributed by atoms with Crippen LogP contribution >= 0.6 is 0 Å². The monoisotopic (exact) mass is 462 g/mol. The zero-order valence-corrected chi connectivity index (χ0v) is 18.4. The van der Waals surface area contributed by atoms with Gasteiger partial charge in [-0.1, -0.05) is 36.4 Å². The number of phenolic OH excluding ortho intramolecular Hbond substituents is 3. The molecule has 3 aromatic carbocycles. The predicted octanol–water partition coefficient (Wildman–Crippen LogP) is 4.28. The van der Waals surface area contributed by atoms with Gasteiger partial charge in [0.15, 0.2) is 16.9 Å². The number of phenols is 3. The van der Waals surface area contributed by atoms with Gasteiger partial charge < -0.3 is 29.2 Å². The van der Waals surface area contributed by atoms with Gasteiger partial charge in [-0.25, -0.2) is 0 Å². The van der Waals surface area contributed by atoms with Crippen LogP contribution in [0, 0.1) is 0 Å². The number of carbonyl (C=O) groups excluding carboxylic acids is 1. The van der Waals surface area contributed by atoms with Gasteiger partial charge in [-0.15, -0.1) is 0 Å². The van der Waals surface area contributed by atoms with E-state index in [1.807, 2.05) is 6.07 Å². The fourth-order valence-corrected chi connectivity index (χ4v) is 3.95. The largest absolute Gasteiger partial charge is 0.507 e. The van der Waals surface area contributed by atoms with Crippen LogP contribution in [0.2, 0.25) is 0 Å². The maximum absolute atomic E-state index is 13.0. The van der Waals surface area contributed by atoms with E-state index in [4.69, 9.17) is 13.9 Å². The molecule has 1 aromatic heterocycles. The van der Waals surface area contributed by atoms with E-state index in [1.165, 1.54) is 32.4 Å². The molecule has 0 saturated heterocycles. The highest BCUT2D eigenvalue weighted by molar-refractivity contribution is 5.90. The highest BCUT2D eigenvalue weighted by atomic mass is 16.5. The molecule has 0 aliphatic heterocycles. The fourth-order valence-electron chi connectivity index (χ4n) is 3.95. The summed E-state index contributed by atoms with van der Waals surface area (Å²) in [4.78, 5) is 25.3. The Bertz CT molecular complexity index is 1420. The summed E-state index contributed by atoms with van der Waals surface area (Å²) in [6.07, 6.45) is -0.225. The summed E-state index contributed by atoms with van der Waals surface area (Å²) in [5.74, 6) is -2.01. The molecule has 1 unspecified atom stereocenters. The Morgan fingerprint density at radius 1 is 0.941 bits per heavy atom. The van der Waals surface area contributed by atoms with Gasteiger partial charge in [0.1, 0.15) is 28.2 Å². The Kier molecular flexibility index (Phi) is 6.14. The number of fused-ring (bicyclic) bond motifs is 1. The van der Waals surface area contributed by atoms with Gasteiger partial charge in [-0.2, -0.15) is 0 Å². The molecule has 8 nitrogen and oxygen atoms in total. The number of ether oxygens (including phenoxy) is 2. The second-order valence-electron chi connectivity index (χ2n) is 7.64. The normalized spacial score (nSPS) is 11.8. The number of methoxy groups -OCH3 is 2. The van der Waals surface area contributed by atoms with Crippen LogP contribution in [0.5, 0.6) is 23.0 Å².